The van der Waals surface area contributed by atoms with Gasteiger partial charge in [-0.3, -0.25) is 0 Å². The van der Waals surface area contributed by atoms with E-state index in [1.165, 1.54) is 12.1 Å². The summed E-state index contributed by atoms with van der Waals surface area (Å²) >= 11 is 0. The van der Waals surface area contributed by atoms with Gasteiger partial charge in [-0.1, -0.05) is 18.2 Å². The van der Waals surface area contributed by atoms with Crippen molar-refractivity contribution in [3.63, 3.8) is 0 Å². The first-order valence-electron chi connectivity index (χ1n) is 7.55. The molecule has 0 fully saturated rings. The van der Waals surface area contributed by atoms with Crippen LogP contribution < -0.4 is 14.8 Å². The number of halogens is 1. The Hall–Kier alpha value is -2.11. The largest absolute Gasteiger partial charge is 0.490 e. The number of ether oxygens (including phenoxy) is 2. The average molecular weight is 317 g/mol. The Balaban J connectivity index is 2.00. The summed E-state index contributed by atoms with van der Waals surface area (Å²) in [6, 6.07) is 11.8. The number of rotatable bonds is 4. The average Bonchev–Trinajstić information content (AvgIpc) is 2.52. The van der Waals surface area contributed by atoms with Crippen LogP contribution in [-0.2, 0) is 0 Å². The maximum atomic E-state index is 13.3. The molecule has 2 atom stereocenters. The van der Waals surface area contributed by atoms with E-state index in [0.717, 1.165) is 5.56 Å². The lowest BCUT2D eigenvalue weighted by molar-refractivity contribution is -0.101. The summed E-state index contributed by atoms with van der Waals surface area (Å²) in [5.74, 6) is 0.924. The van der Waals surface area contributed by atoms with Crippen LogP contribution in [0.1, 0.15) is 17.2 Å². The van der Waals surface area contributed by atoms with Gasteiger partial charge in [0.15, 0.2) is 11.7 Å². The van der Waals surface area contributed by atoms with Gasteiger partial charge in [0.25, 0.3) is 0 Å². The third-order valence-corrected chi connectivity index (χ3v) is 4.03. The van der Waals surface area contributed by atoms with Crippen molar-refractivity contribution in [1.82, 2.24) is 5.32 Å². The zero-order valence-electron chi connectivity index (χ0n) is 13.2. The van der Waals surface area contributed by atoms with E-state index in [1.54, 1.807) is 20.0 Å². The Morgan fingerprint density at radius 2 is 2.13 bits per heavy atom. The van der Waals surface area contributed by atoms with Gasteiger partial charge in [0, 0.05) is 12.1 Å². The van der Waals surface area contributed by atoms with E-state index >= 15 is 0 Å². The Bertz CT molecular complexity index is 706. The Morgan fingerprint density at radius 3 is 2.87 bits per heavy atom. The van der Waals surface area contributed by atoms with Gasteiger partial charge in [-0.25, -0.2) is 4.39 Å². The second-order valence-electron chi connectivity index (χ2n) is 5.87. The SMILES string of the molecule is CNCC1(O)COc2ccccc2C1Oc1ccc(F)cc1C. The maximum absolute atomic E-state index is 13.3. The summed E-state index contributed by atoms with van der Waals surface area (Å²) in [5, 5.41) is 14.0. The topological polar surface area (TPSA) is 50.7 Å². The van der Waals surface area contributed by atoms with Gasteiger partial charge in [-0.05, 0) is 43.8 Å². The van der Waals surface area contributed by atoms with Crippen LogP contribution in [0.25, 0.3) is 0 Å². The molecule has 0 radical (unpaired) electrons. The van der Waals surface area contributed by atoms with Crippen LogP contribution >= 0.6 is 0 Å². The predicted molar refractivity (Wildman–Crippen MR) is 85.3 cm³/mol. The van der Waals surface area contributed by atoms with E-state index in [0.29, 0.717) is 23.6 Å². The Labute approximate surface area is 134 Å². The lowest BCUT2D eigenvalue weighted by atomic mass is 9.88. The molecule has 122 valence electrons. The van der Waals surface area contributed by atoms with Crippen molar-refractivity contribution in [1.29, 1.82) is 0 Å². The minimum Gasteiger partial charge on any atom is -0.490 e. The highest BCUT2D eigenvalue weighted by atomic mass is 19.1. The van der Waals surface area contributed by atoms with E-state index in [4.69, 9.17) is 9.47 Å². The third kappa shape index (κ3) is 3.02. The minimum atomic E-state index is -1.22. The quantitative estimate of drug-likeness (QED) is 0.910. The number of nitrogens with one attached hydrogen (secondary N) is 1. The van der Waals surface area contributed by atoms with Gasteiger partial charge < -0.3 is 19.9 Å². The number of hydrogen-bond donors (Lipinski definition) is 2. The van der Waals surface area contributed by atoms with E-state index < -0.39 is 11.7 Å². The van der Waals surface area contributed by atoms with Crippen molar-refractivity contribution in [2.24, 2.45) is 0 Å². The first kappa shape index (κ1) is 15.8. The smallest absolute Gasteiger partial charge is 0.160 e. The lowest BCUT2D eigenvalue weighted by Crippen LogP contribution is -2.53. The Kier molecular flexibility index (Phi) is 4.24. The third-order valence-electron chi connectivity index (χ3n) is 4.03. The van der Waals surface area contributed by atoms with E-state index in [2.05, 4.69) is 5.32 Å². The highest BCUT2D eigenvalue weighted by Crippen LogP contribution is 2.41. The summed E-state index contributed by atoms with van der Waals surface area (Å²) in [6.45, 7) is 2.21. The predicted octanol–water partition coefficient (Wildman–Crippen LogP) is 2.60. The zero-order valence-corrected chi connectivity index (χ0v) is 13.2. The number of fused-ring (bicyclic) bond motifs is 1. The summed E-state index contributed by atoms with van der Waals surface area (Å²) in [7, 11) is 1.76. The van der Waals surface area contributed by atoms with Crippen molar-refractivity contribution in [2.75, 3.05) is 20.2 Å². The molecule has 23 heavy (non-hydrogen) atoms. The normalized spacial score (nSPS) is 23.0. The van der Waals surface area contributed by atoms with Gasteiger partial charge in [-0.2, -0.15) is 0 Å². The van der Waals surface area contributed by atoms with Crippen LogP contribution in [0.2, 0.25) is 0 Å². The molecule has 1 heterocycles. The molecule has 2 aromatic rings. The number of likely N-dealkylation sites (N-methyl/N-ethyl adjacent to an activating group) is 1. The lowest BCUT2D eigenvalue weighted by Gasteiger charge is -2.40. The van der Waals surface area contributed by atoms with Gasteiger partial charge >= 0.3 is 0 Å². The molecule has 0 aromatic heterocycles. The van der Waals surface area contributed by atoms with Crippen molar-refractivity contribution < 1.29 is 19.0 Å². The molecule has 0 saturated heterocycles. The first-order chi connectivity index (χ1) is 11.0. The molecule has 3 rings (SSSR count). The molecule has 0 aliphatic carbocycles. The van der Waals surface area contributed by atoms with Crippen LogP contribution in [-0.4, -0.2) is 30.9 Å². The number of para-hydroxylation sites is 1. The summed E-state index contributed by atoms with van der Waals surface area (Å²) in [4.78, 5) is 0. The Morgan fingerprint density at radius 1 is 1.35 bits per heavy atom. The zero-order chi connectivity index (χ0) is 16.4. The van der Waals surface area contributed by atoms with Crippen LogP contribution in [0.15, 0.2) is 42.5 Å². The van der Waals surface area contributed by atoms with Crippen LogP contribution in [0.5, 0.6) is 11.5 Å². The number of hydrogen-bond acceptors (Lipinski definition) is 4. The first-order valence-corrected chi connectivity index (χ1v) is 7.55. The molecule has 0 spiro atoms. The van der Waals surface area contributed by atoms with Crippen LogP contribution in [0.4, 0.5) is 4.39 Å². The molecule has 1 aliphatic rings. The fourth-order valence-corrected chi connectivity index (χ4v) is 2.89. The molecular formula is C18H20FNO3. The fraction of sp³-hybridized carbons (Fsp3) is 0.333. The van der Waals surface area contributed by atoms with Crippen molar-refractivity contribution in [3.8, 4) is 11.5 Å². The number of aliphatic hydroxyl groups is 1. The molecule has 4 nitrogen and oxygen atoms in total. The highest BCUT2D eigenvalue weighted by molar-refractivity contribution is 5.41. The second-order valence-corrected chi connectivity index (χ2v) is 5.87. The van der Waals surface area contributed by atoms with Gasteiger partial charge in [0.1, 0.15) is 23.9 Å². The molecule has 0 saturated carbocycles. The minimum absolute atomic E-state index is 0.121. The number of benzene rings is 2. The summed E-state index contributed by atoms with van der Waals surface area (Å²) in [6.07, 6.45) is -0.607. The summed E-state index contributed by atoms with van der Waals surface area (Å²) in [5.41, 5.74) is 0.241. The highest BCUT2D eigenvalue weighted by Gasteiger charge is 2.45. The molecule has 2 aromatic carbocycles. The van der Waals surface area contributed by atoms with Crippen molar-refractivity contribution in [3.05, 3.63) is 59.4 Å². The monoisotopic (exact) mass is 317 g/mol. The van der Waals surface area contributed by atoms with E-state index in [1.807, 2.05) is 24.3 Å². The van der Waals surface area contributed by atoms with E-state index in [-0.39, 0.29) is 12.4 Å². The van der Waals surface area contributed by atoms with Gasteiger partial charge in [-0.15, -0.1) is 0 Å². The molecule has 0 bridgehead atoms. The number of aryl methyl sites for hydroxylation is 1. The van der Waals surface area contributed by atoms with Crippen molar-refractivity contribution in [2.45, 2.75) is 18.6 Å². The maximum Gasteiger partial charge on any atom is 0.160 e. The molecule has 2 unspecified atom stereocenters. The summed E-state index contributed by atoms with van der Waals surface area (Å²) < 4.78 is 25.1. The molecule has 5 heteroatoms. The van der Waals surface area contributed by atoms with Crippen LogP contribution in [0.3, 0.4) is 0 Å². The van der Waals surface area contributed by atoms with Crippen LogP contribution in [0, 0.1) is 12.7 Å². The molecule has 2 N–H and O–H groups in total. The molecular weight excluding hydrogens is 297 g/mol. The standard InChI is InChI=1S/C18H20FNO3/c1-12-9-13(19)7-8-15(12)23-17-14-5-3-4-6-16(14)22-11-18(17,21)10-20-2/h3-9,17,20-21H,10-11H2,1-2H3. The van der Waals surface area contributed by atoms with Crippen molar-refractivity contribution >= 4 is 0 Å². The van der Waals surface area contributed by atoms with Gasteiger partial charge in [0.2, 0.25) is 0 Å². The molecule has 0 amide bonds. The van der Waals surface area contributed by atoms with Gasteiger partial charge in [0.05, 0.1) is 0 Å². The fourth-order valence-electron chi connectivity index (χ4n) is 2.89. The van der Waals surface area contributed by atoms with E-state index in [9.17, 15) is 9.50 Å². The second kappa shape index (κ2) is 6.18. The molecule has 1 aliphatic heterocycles.